The fourth-order valence-electron chi connectivity index (χ4n) is 2.03. The number of aromatic nitrogens is 2. The number of rotatable bonds is 6. The van der Waals surface area contributed by atoms with Gasteiger partial charge in [0.05, 0.1) is 32.6 Å². The first-order chi connectivity index (χ1) is 12.3. The summed E-state index contributed by atoms with van der Waals surface area (Å²) in [4.78, 5) is 34.5. The summed E-state index contributed by atoms with van der Waals surface area (Å²) >= 11 is 2.95. The van der Waals surface area contributed by atoms with Gasteiger partial charge in [0.1, 0.15) is 4.47 Å². The number of nitrogens with zero attached hydrogens (tertiary/aromatic N) is 2. The second kappa shape index (κ2) is 7.82. The van der Waals surface area contributed by atoms with E-state index in [1.54, 1.807) is 0 Å². The van der Waals surface area contributed by atoms with Crippen molar-refractivity contribution in [2.45, 2.75) is 0 Å². The number of ether oxygens (including phenoxy) is 3. The maximum Gasteiger partial charge on any atom is 0.357 e. The van der Waals surface area contributed by atoms with Gasteiger partial charge in [0.2, 0.25) is 0 Å². The first-order valence-electron chi connectivity index (χ1n) is 6.88. The molecule has 26 heavy (non-hydrogen) atoms. The minimum atomic E-state index is -0.793. The van der Waals surface area contributed by atoms with Crippen LogP contribution < -0.4 is 14.8 Å². The number of anilines is 1. The molecular weight excluding hydrogens is 416 g/mol. The summed E-state index contributed by atoms with van der Waals surface area (Å²) in [5.41, 5.74) is -0.209. The molecule has 0 radical (unpaired) electrons. The Kier molecular flexibility index (Phi) is 5.77. The van der Waals surface area contributed by atoms with Gasteiger partial charge in [-0.3, -0.25) is 4.79 Å². The first-order valence-corrected chi connectivity index (χ1v) is 7.67. The molecule has 2 rings (SSSR count). The highest BCUT2D eigenvalue weighted by molar-refractivity contribution is 9.10. The third-order valence-corrected chi connectivity index (χ3v) is 4.02. The predicted octanol–water partition coefficient (Wildman–Crippen LogP) is 2.14. The summed E-state index contributed by atoms with van der Waals surface area (Å²) in [6.07, 6.45) is 0. The Balaban J connectivity index is 2.46. The highest BCUT2D eigenvalue weighted by atomic mass is 79.9. The molecule has 0 saturated heterocycles. The Labute approximate surface area is 154 Å². The smallest absolute Gasteiger partial charge is 0.357 e. The van der Waals surface area contributed by atoms with Crippen LogP contribution in [0.2, 0.25) is 0 Å². The minimum Gasteiger partial charge on any atom is -0.493 e. The van der Waals surface area contributed by atoms with Crippen LogP contribution >= 0.6 is 15.9 Å². The van der Waals surface area contributed by atoms with Crippen molar-refractivity contribution in [3.63, 3.8) is 0 Å². The van der Waals surface area contributed by atoms with Crippen LogP contribution in [0.1, 0.15) is 20.8 Å². The van der Waals surface area contributed by atoms with Crippen molar-refractivity contribution in [2.75, 3.05) is 26.6 Å². The molecule has 2 N–H and O–H groups in total. The average molecular weight is 429 g/mol. The molecule has 0 aliphatic heterocycles. The molecule has 1 aromatic heterocycles. The van der Waals surface area contributed by atoms with Crippen LogP contribution in [0.15, 0.2) is 16.6 Å². The Bertz CT molecular complexity index is 880. The van der Waals surface area contributed by atoms with E-state index < -0.39 is 22.6 Å². The van der Waals surface area contributed by atoms with Crippen molar-refractivity contribution in [1.82, 2.24) is 10.2 Å². The number of hydrogen-bond acceptors (Lipinski definition) is 8. The molecule has 1 aromatic carbocycles. The maximum absolute atomic E-state index is 12.4. The molecule has 1 heterocycles. The van der Waals surface area contributed by atoms with Gasteiger partial charge in [0.15, 0.2) is 17.2 Å². The Hall–Kier alpha value is -3.15. The number of carbonyl (C=O) groups is 2. The second-order valence-electron chi connectivity index (χ2n) is 4.69. The van der Waals surface area contributed by atoms with Crippen LogP contribution in [0.4, 0.5) is 11.5 Å². The van der Waals surface area contributed by atoms with Gasteiger partial charge < -0.3 is 29.6 Å². The van der Waals surface area contributed by atoms with Gasteiger partial charge >= 0.3 is 11.8 Å². The SMILES string of the molecule is COC(=O)c1cc(OC)c(OC)cc1NC(=O)c1n[nH]c([N+](=O)[O-])c1Br. The number of benzene rings is 1. The third kappa shape index (κ3) is 3.59. The molecule has 11 nitrogen and oxygen atoms in total. The van der Waals surface area contributed by atoms with E-state index in [2.05, 4.69) is 36.2 Å². The van der Waals surface area contributed by atoms with E-state index in [4.69, 9.17) is 9.47 Å². The number of halogens is 1. The molecule has 0 fully saturated rings. The van der Waals surface area contributed by atoms with Crippen molar-refractivity contribution in [3.8, 4) is 11.5 Å². The van der Waals surface area contributed by atoms with Gasteiger partial charge in [-0.25, -0.2) is 4.79 Å². The molecule has 0 aliphatic rings. The van der Waals surface area contributed by atoms with Gasteiger partial charge in [-0.05, 0) is 20.9 Å². The van der Waals surface area contributed by atoms with Crippen molar-refractivity contribution < 1.29 is 28.7 Å². The van der Waals surface area contributed by atoms with E-state index >= 15 is 0 Å². The summed E-state index contributed by atoms with van der Waals surface area (Å²) in [5, 5.41) is 19.0. The minimum absolute atomic E-state index is 0.000317. The van der Waals surface area contributed by atoms with Crippen LogP contribution in [-0.2, 0) is 4.74 Å². The second-order valence-corrected chi connectivity index (χ2v) is 5.48. The van der Waals surface area contributed by atoms with Crippen LogP contribution in [0, 0.1) is 10.1 Å². The number of aromatic amines is 1. The summed E-state index contributed by atoms with van der Waals surface area (Å²) in [6.45, 7) is 0. The molecular formula is C14H13BrN4O7. The lowest BCUT2D eigenvalue weighted by Gasteiger charge is -2.14. The highest BCUT2D eigenvalue weighted by Crippen LogP contribution is 2.34. The Morgan fingerprint density at radius 2 is 1.85 bits per heavy atom. The fraction of sp³-hybridized carbons (Fsp3) is 0.214. The van der Waals surface area contributed by atoms with E-state index in [-0.39, 0.29) is 32.9 Å². The van der Waals surface area contributed by atoms with Crippen molar-refractivity contribution >= 4 is 39.3 Å². The lowest BCUT2D eigenvalue weighted by molar-refractivity contribution is -0.390. The quantitative estimate of drug-likeness (QED) is 0.404. The molecule has 138 valence electrons. The molecule has 12 heteroatoms. The van der Waals surface area contributed by atoms with E-state index in [9.17, 15) is 19.7 Å². The van der Waals surface area contributed by atoms with Crippen molar-refractivity contribution in [1.29, 1.82) is 0 Å². The number of carbonyl (C=O) groups excluding carboxylic acids is 2. The fourth-order valence-corrected chi connectivity index (χ4v) is 2.54. The molecule has 1 amide bonds. The number of esters is 1. The zero-order valence-electron chi connectivity index (χ0n) is 13.8. The lowest BCUT2D eigenvalue weighted by Crippen LogP contribution is -2.16. The lowest BCUT2D eigenvalue weighted by atomic mass is 10.1. The average Bonchev–Trinajstić information content (AvgIpc) is 3.02. The van der Waals surface area contributed by atoms with Gasteiger partial charge in [0, 0.05) is 12.1 Å². The molecule has 0 saturated carbocycles. The summed E-state index contributed by atoms with van der Waals surface area (Å²) in [6, 6.07) is 2.69. The standard InChI is InChI=1S/C14H13BrN4O7/c1-24-8-4-6(14(21)26-3)7(5-9(8)25-2)16-13(20)11-10(15)12(18-17-11)19(22)23/h4-5H,1-3H3,(H,16,20)(H,17,18). The predicted molar refractivity (Wildman–Crippen MR) is 91.8 cm³/mol. The largest absolute Gasteiger partial charge is 0.493 e. The number of H-pyrrole nitrogens is 1. The van der Waals surface area contributed by atoms with Crippen LogP contribution in [0.3, 0.4) is 0 Å². The van der Waals surface area contributed by atoms with Crippen LogP contribution in [0.25, 0.3) is 0 Å². The van der Waals surface area contributed by atoms with Gasteiger partial charge in [-0.15, -0.1) is 5.10 Å². The zero-order chi connectivity index (χ0) is 19.4. The van der Waals surface area contributed by atoms with Crippen molar-refractivity contribution in [3.05, 3.63) is 38.0 Å². The number of amides is 1. The first kappa shape index (κ1) is 19.2. The van der Waals surface area contributed by atoms with Gasteiger partial charge in [0.25, 0.3) is 5.91 Å². The number of hydrogen-bond donors (Lipinski definition) is 2. The summed E-state index contributed by atoms with van der Waals surface area (Å²) < 4.78 is 14.8. The Morgan fingerprint density at radius 1 is 1.23 bits per heavy atom. The van der Waals surface area contributed by atoms with Crippen LogP contribution in [0.5, 0.6) is 11.5 Å². The Morgan fingerprint density at radius 3 is 2.35 bits per heavy atom. The summed E-state index contributed by atoms with van der Waals surface area (Å²) in [7, 11) is 3.95. The van der Waals surface area contributed by atoms with E-state index in [0.717, 1.165) is 0 Å². The molecule has 0 atom stereocenters. The van der Waals surface area contributed by atoms with E-state index in [0.29, 0.717) is 0 Å². The maximum atomic E-state index is 12.4. The zero-order valence-corrected chi connectivity index (χ0v) is 15.4. The van der Waals surface area contributed by atoms with E-state index in [1.807, 2.05) is 0 Å². The topological polar surface area (TPSA) is 146 Å². The van der Waals surface area contributed by atoms with E-state index in [1.165, 1.54) is 33.5 Å². The number of nitro groups is 1. The summed E-state index contributed by atoms with van der Waals surface area (Å²) in [5.74, 6) is -1.49. The molecule has 0 aliphatic carbocycles. The van der Waals surface area contributed by atoms with Gasteiger partial charge in [-0.2, -0.15) is 0 Å². The monoisotopic (exact) mass is 428 g/mol. The van der Waals surface area contributed by atoms with Gasteiger partial charge in [-0.1, -0.05) is 5.10 Å². The third-order valence-electron chi connectivity index (χ3n) is 3.26. The molecule has 2 aromatic rings. The van der Waals surface area contributed by atoms with Crippen molar-refractivity contribution in [2.24, 2.45) is 0 Å². The number of nitrogens with one attached hydrogen (secondary N) is 2. The molecule has 0 bridgehead atoms. The molecule has 0 spiro atoms. The van der Waals surface area contributed by atoms with Crippen LogP contribution in [-0.4, -0.2) is 48.3 Å². The highest BCUT2D eigenvalue weighted by Gasteiger charge is 2.26. The number of methoxy groups -OCH3 is 3. The molecule has 0 unspecified atom stereocenters. The normalized spacial score (nSPS) is 10.2.